The van der Waals surface area contributed by atoms with Crippen LogP contribution in [0.3, 0.4) is 0 Å². The molecule has 12 heteroatoms. The van der Waals surface area contributed by atoms with Gasteiger partial charge in [0.2, 0.25) is 11.2 Å². The monoisotopic (exact) mass is 646 g/mol. The lowest BCUT2D eigenvalue weighted by molar-refractivity contribution is -0.597. The van der Waals surface area contributed by atoms with Crippen LogP contribution in [0.2, 0.25) is 0 Å². The van der Waals surface area contributed by atoms with Crippen molar-refractivity contribution in [2.24, 2.45) is 0 Å². The van der Waals surface area contributed by atoms with Crippen LogP contribution in [0.4, 0.5) is 22.0 Å². The Morgan fingerprint density at radius 3 is 1.81 bits per heavy atom. The van der Waals surface area contributed by atoms with E-state index in [1.54, 1.807) is 0 Å². The van der Waals surface area contributed by atoms with Crippen molar-refractivity contribution in [3.63, 3.8) is 0 Å². The van der Waals surface area contributed by atoms with E-state index in [-0.39, 0.29) is 26.6 Å². The zero-order valence-corrected chi connectivity index (χ0v) is 21.1. The van der Waals surface area contributed by atoms with Gasteiger partial charge in [-0.25, -0.2) is 30.4 Å². The van der Waals surface area contributed by atoms with Gasteiger partial charge in [0.05, 0.1) is 10.8 Å². The normalized spacial score (nSPS) is 11.4. The van der Waals surface area contributed by atoms with Crippen molar-refractivity contribution >= 4 is 32.1 Å². The van der Waals surface area contributed by atoms with Gasteiger partial charge in [-0.05, 0) is 36.4 Å². The van der Waals surface area contributed by atoms with Crippen molar-refractivity contribution in [2.75, 3.05) is 0 Å². The summed E-state index contributed by atoms with van der Waals surface area (Å²) in [6.45, 7) is 0. The average Bonchev–Trinajstić information content (AvgIpc) is 2.87. The Kier molecular flexibility index (Phi) is 7.62. The Morgan fingerprint density at radius 2 is 1.19 bits per heavy atom. The van der Waals surface area contributed by atoms with E-state index in [1.807, 2.05) is 42.5 Å². The molecule has 1 heterocycles. The Hall–Kier alpha value is -3.36. The summed E-state index contributed by atoms with van der Waals surface area (Å²) in [6.07, 6.45) is 0. The van der Waals surface area contributed by atoms with Crippen LogP contribution in [0.5, 0.6) is 0 Å². The molecule has 0 amide bonds. The van der Waals surface area contributed by atoms with Gasteiger partial charge in [-0.15, -0.1) is 0 Å². The molecule has 0 unspecified atom stereocenters. The summed E-state index contributed by atoms with van der Waals surface area (Å²) in [6, 6.07) is 23.8. The van der Waals surface area contributed by atoms with Gasteiger partial charge in [-0.2, -0.15) is 0 Å². The molecule has 0 radical (unpaired) electrons. The van der Waals surface area contributed by atoms with E-state index in [2.05, 4.69) is 30.3 Å². The molecule has 1 aromatic heterocycles. The highest BCUT2D eigenvalue weighted by Gasteiger charge is 2.29. The summed E-state index contributed by atoms with van der Waals surface area (Å²) >= 11 is -0.284. The number of halogens is 6. The molecule has 0 aliphatic rings. The highest BCUT2D eigenvalue weighted by molar-refractivity contribution is 7.85. The van der Waals surface area contributed by atoms with Crippen LogP contribution in [0.25, 0.3) is 21.9 Å². The minimum absolute atomic E-state index is 0.0516. The fourth-order valence-corrected chi connectivity index (χ4v) is 6.18. The van der Waals surface area contributed by atoms with Crippen LogP contribution in [0, 0.1) is 36.2 Å². The van der Waals surface area contributed by atoms with Gasteiger partial charge in [-0.3, -0.25) is 4.79 Å². The number of hydrogen-bond acceptors (Lipinski definition) is 5. The number of fused-ring (bicyclic) bond motifs is 2. The summed E-state index contributed by atoms with van der Waals surface area (Å²) in [7, 11) is -5.77. The first-order valence-electron chi connectivity index (χ1n) is 10.1. The Bertz CT molecular complexity index is 1780. The Balaban J connectivity index is 0.000000188. The van der Waals surface area contributed by atoms with Gasteiger partial charge in [-0.1, -0.05) is 30.3 Å². The van der Waals surface area contributed by atoms with Crippen molar-refractivity contribution in [1.82, 2.24) is 0 Å². The lowest BCUT2D eigenvalue weighted by Gasteiger charge is -2.10. The SMILES string of the molecule is O=S(=O)([O-])c1c(F)c(F)c(F)c(F)c1F.O=c1c2ccccc2oc2ccc([I+]c3ccccc3)cc12. The van der Waals surface area contributed by atoms with Gasteiger partial charge in [0.15, 0.2) is 30.4 Å². The van der Waals surface area contributed by atoms with Gasteiger partial charge in [0, 0.05) is 6.07 Å². The standard InChI is InChI=1S/C19H12IO2.C6HF5O3S/c21-19-15-8-4-5-9-17(15)22-18-11-10-14(12-16(18)19)20-13-6-2-1-3-7-13;7-1-2(8)4(10)6(15(12,13)14)5(11)3(1)9/h1-12H;(H,12,13,14)/q+1;/p-1. The van der Waals surface area contributed by atoms with Gasteiger partial charge in [0.25, 0.3) is 0 Å². The second-order valence-corrected chi connectivity index (χ2v) is 11.7. The molecule has 5 rings (SSSR count). The maximum absolute atomic E-state index is 12.6. The van der Waals surface area contributed by atoms with Crippen molar-refractivity contribution in [3.05, 3.63) is 119 Å². The summed E-state index contributed by atoms with van der Waals surface area (Å²) in [5.74, 6) is -12.8. The molecule has 0 bridgehead atoms. The molecule has 0 N–H and O–H groups in total. The molecule has 37 heavy (non-hydrogen) atoms. The van der Waals surface area contributed by atoms with Gasteiger partial charge in [0.1, 0.15) is 26.2 Å². The zero-order valence-electron chi connectivity index (χ0n) is 18.1. The molecule has 0 spiro atoms. The highest BCUT2D eigenvalue weighted by Crippen LogP contribution is 2.26. The van der Waals surface area contributed by atoms with E-state index >= 15 is 0 Å². The first-order valence-corrected chi connectivity index (χ1v) is 13.7. The summed E-state index contributed by atoms with van der Waals surface area (Å²) in [5.41, 5.74) is 1.35. The lowest BCUT2D eigenvalue weighted by Crippen LogP contribution is -3.61. The Labute approximate surface area is 216 Å². The molecule has 4 aromatic carbocycles. The maximum Gasteiger partial charge on any atom is 0.357 e. The number of benzene rings is 4. The highest BCUT2D eigenvalue weighted by atomic mass is 127. The minimum Gasteiger partial charge on any atom is -0.744 e. The van der Waals surface area contributed by atoms with Crippen LogP contribution < -0.4 is 26.6 Å². The number of hydrogen-bond donors (Lipinski definition) is 0. The van der Waals surface area contributed by atoms with Crippen molar-refractivity contribution in [3.8, 4) is 0 Å². The van der Waals surface area contributed by atoms with Crippen molar-refractivity contribution in [1.29, 1.82) is 0 Å². The molecule has 0 saturated heterocycles. The molecule has 190 valence electrons. The third-order valence-electron chi connectivity index (χ3n) is 4.91. The fourth-order valence-electron chi connectivity index (χ4n) is 3.24. The van der Waals surface area contributed by atoms with E-state index in [0.29, 0.717) is 21.9 Å². The van der Waals surface area contributed by atoms with Gasteiger partial charge < -0.3 is 8.97 Å². The zero-order chi connectivity index (χ0) is 26.9. The minimum atomic E-state index is -5.77. The topological polar surface area (TPSA) is 87.4 Å². The van der Waals surface area contributed by atoms with Crippen LogP contribution in [-0.2, 0) is 10.1 Å². The van der Waals surface area contributed by atoms with E-state index in [1.165, 1.54) is 7.14 Å². The average molecular weight is 646 g/mol. The number of para-hydroxylation sites is 1. The van der Waals surface area contributed by atoms with Crippen LogP contribution in [0.1, 0.15) is 0 Å². The molecule has 0 fully saturated rings. The van der Waals surface area contributed by atoms with Crippen LogP contribution in [-0.4, -0.2) is 13.0 Å². The van der Waals surface area contributed by atoms with E-state index in [9.17, 15) is 39.7 Å². The Morgan fingerprint density at radius 1 is 0.649 bits per heavy atom. The van der Waals surface area contributed by atoms with Gasteiger partial charge >= 0.3 is 21.2 Å². The summed E-state index contributed by atoms with van der Waals surface area (Å²) in [5, 5.41) is 1.32. The molecular weight excluding hydrogens is 634 g/mol. The molecule has 5 aromatic rings. The van der Waals surface area contributed by atoms with E-state index < -0.39 is 44.1 Å². The molecule has 0 aliphatic heterocycles. The third kappa shape index (κ3) is 5.50. The predicted octanol–water partition coefficient (Wildman–Crippen LogP) is 2.36. The third-order valence-corrected chi connectivity index (χ3v) is 8.40. The molecule has 0 atom stereocenters. The number of rotatable bonds is 3. The lowest BCUT2D eigenvalue weighted by atomic mass is 10.1. The van der Waals surface area contributed by atoms with Crippen LogP contribution in [0.15, 0.2) is 86.9 Å². The molecule has 0 saturated carbocycles. The fraction of sp³-hybridized carbons (Fsp3) is 0. The second kappa shape index (κ2) is 10.6. The first-order chi connectivity index (χ1) is 17.5. The predicted molar refractivity (Wildman–Crippen MR) is 118 cm³/mol. The summed E-state index contributed by atoms with van der Waals surface area (Å²) < 4.78 is 101. The molecule has 5 nitrogen and oxygen atoms in total. The molecule has 0 aliphatic carbocycles. The van der Waals surface area contributed by atoms with Crippen molar-refractivity contribution < 1.29 is 60.5 Å². The summed E-state index contributed by atoms with van der Waals surface area (Å²) in [4.78, 5) is 10.3. The second-order valence-electron chi connectivity index (χ2n) is 7.31. The maximum atomic E-state index is 12.6. The largest absolute Gasteiger partial charge is 0.744 e. The smallest absolute Gasteiger partial charge is 0.357 e. The van der Waals surface area contributed by atoms with E-state index in [0.717, 1.165) is 0 Å². The quantitative estimate of drug-likeness (QED) is 0.0751. The molecular formula is C25H12F5IO5S. The van der Waals surface area contributed by atoms with Crippen LogP contribution >= 0.6 is 0 Å². The first kappa shape index (κ1) is 26.7. The van der Waals surface area contributed by atoms with Crippen molar-refractivity contribution in [2.45, 2.75) is 4.90 Å². The van der Waals surface area contributed by atoms with E-state index in [4.69, 9.17) is 4.42 Å².